The van der Waals surface area contributed by atoms with Gasteiger partial charge in [0.15, 0.2) is 0 Å². The van der Waals surface area contributed by atoms with Crippen LogP contribution in [-0.2, 0) is 12.8 Å². The van der Waals surface area contributed by atoms with Crippen molar-refractivity contribution in [2.45, 2.75) is 19.3 Å². The first-order chi connectivity index (χ1) is 19.7. The van der Waals surface area contributed by atoms with E-state index in [1.807, 2.05) is 6.08 Å². The van der Waals surface area contributed by atoms with Gasteiger partial charge in [0.2, 0.25) is 0 Å². The number of hydrogen-bond donors (Lipinski definition) is 0. The van der Waals surface area contributed by atoms with E-state index in [-0.39, 0.29) is 0 Å². The molecule has 1 aliphatic rings. The molecule has 0 amide bonds. The van der Waals surface area contributed by atoms with Gasteiger partial charge in [0.25, 0.3) is 0 Å². The van der Waals surface area contributed by atoms with Gasteiger partial charge in [0, 0.05) is 17.5 Å². The lowest BCUT2D eigenvalue weighted by Crippen LogP contribution is -2.11. The third-order valence-corrected chi connectivity index (χ3v) is 7.58. The predicted octanol–water partition coefficient (Wildman–Crippen LogP) is 10.4. The molecule has 0 N–H and O–H groups in total. The van der Waals surface area contributed by atoms with Gasteiger partial charge in [0.05, 0.1) is 5.69 Å². The maximum atomic E-state index is 4.25. The van der Waals surface area contributed by atoms with E-state index in [4.69, 9.17) is 0 Å². The zero-order valence-electron chi connectivity index (χ0n) is 22.7. The van der Waals surface area contributed by atoms with E-state index in [0.717, 1.165) is 41.8 Å². The van der Waals surface area contributed by atoms with Gasteiger partial charge in [-0.05, 0) is 82.5 Å². The number of para-hydroxylation sites is 1. The van der Waals surface area contributed by atoms with Crippen LogP contribution in [0.15, 0.2) is 158 Å². The van der Waals surface area contributed by atoms with Crippen molar-refractivity contribution in [2.24, 2.45) is 0 Å². The summed E-state index contributed by atoms with van der Waals surface area (Å²) in [7, 11) is 0. The minimum Gasteiger partial charge on any atom is -0.317 e. The van der Waals surface area contributed by atoms with Crippen molar-refractivity contribution in [3.05, 3.63) is 175 Å². The Bertz CT molecular complexity index is 1640. The number of benzene rings is 5. The van der Waals surface area contributed by atoms with E-state index >= 15 is 0 Å². The number of anilines is 2. The molecule has 1 nitrogen and oxygen atoms in total. The Hall–Kier alpha value is -4.88. The van der Waals surface area contributed by atoms with Gasteiger partial charge in [-0.2, -0.15) is 0 Å². The van der Waals surface area contributed by atoms with Gasteiger partial charge in [-0.15, -0.1) is 0 Å². The van der Waals surface area contributed by atoms with Gasteiger partial charge in [-0.25, -0.2) is 0 Å². The Balaban J connectivity index is 1.08. The van der Waals surface area contributed by atoms with Crippen molar-refractivity contribution < 1.29 is 0 Å². The third kappa shape index (κ3) is 5.75. The zero-order chi connectivity index (χ0) is 27.1. The van der Waals surface area contributed by atoms with Crippen LogP contribution in [0.2, 0.25) is 0 Å². The van der Waals surface area contributed by atoms with Crippen LogP contribution in [0.1, 0.15) is 23.1 Å². The second-order valence-electron chi connectivity index (χ2n) is 10.3. The van der Waals surface area contributed by atoms with Crippen LogP contribution in [-0.4, -0.2) is 0 Å². The lowest BCUT2D eigenvalue weighted by molar-refractivity contribution is 0.821. The highest BCUT2D eigenvalue weighted by Gasteiger charge is 2.13. The quantitative estimate of drug-likeness (QED) is 0.208. The van der Waals surface area contributed by atoms with Crippen molar-refractivity contribution in [3.63, 3.8) is 0 Å². The van der Waals surface area contributed by atoms with Crippen LogP contribution in [0.3, 0.4) is 0 Å². The Morgan fingerprint density at radius 1 is 0.500 bits per heavy atom. The highest BCUT2D eigenvalue weighted by atomic mass is 15.1. The second kappa shape index (κ2) is 11.9. The first kappa shape index (κ1) is 25.4. The molecule has 0 radical (unpaired) electrons. The van der Waals surface area contributed by atoms with Crippen molar-refractivity contribution in [1.82, 2.24) is 0 Å². The molecule has 5 aromatic rings. The van der Waals surface area contributed by atoms with E-state index in [2.05, 4.69) is 157 Å². The second-order valence-corrected chi connectivity index (χ2v) is 10.3. The Morgan fingerprint density at radius 2 is 1.02 bits per heavy atom. The van der Waals surface area contributed by atoms with Crippen molar-refractivity contribution in [2.75, 3.05) is 4.90 Å². The zero-order valence-corrected chi connectivity index (χ0v) is 22.7. The summed E-state index contributed by atoms with van der Waals surface area (Å²) in [5.41, 5.74) is 12.2. The molecule has 0 saturated carbocycles. The van der Waals surface area contributed by atoms with Crippen molar-refractivity contribution >= 4 is 16.9 Å². The van der Waals surface area contributed by atoms with Gasteiger partial charge in [-0.3, -0.25) is 0 Å². The fourth-order valence-electron chi connectivity index (χ4n) is 5.33. The summed E-state index contributed by atoms with van der Waals surface area (Å²) < 4.78 is 0. The van der Waals surface area contributed by atoms with Crippen LogP contribution in [0.25, 0.3) is 27.8 Å². The smallest absolute Gasteiger partial charge is 0.0533 e. The monoisotopic (exact) mass is 515 g/mol. The molecule has 6 rings (SSSR count). The number of nitrogens with zero attached hydrogens (tertiary/aromatic N) is 1. The Labute approximate surface area is 238 Å². The SMILES string of the molecule is C=C1/C=C\C=C/N(c2ccc(-c3ccc(CCCc4ccc(-c5ccccc5)cc4)cc3)cc2)c2ccccc21. The van der Waals surface area contributed by atoms with Crippen LogP contribution in [0.4, 0.5) is 11.4 Å². The van der Waals surface area contributed by atoms with Crippen molar-refractivity contribution in [3.8, 4) is 22.3 Å². The van der Waals surface area contributed by atoms with Gasteiger partial charge < -0.3 is 4.90 Å². The average molecular weight is 516 g/mol. The highest BCUT2D eigenvalue weighted by Crippen LogP contribution is 2.35. The molecule has 0 fully saturated rings. The summed E-state index contributed by atoms with van der Waals surface area (Å²) in [6, 6.07) is 45.9. The normalized spacial score (nSPS) is 14.2. The summed E-state index contributed by atoms with van der Waals surface area (Å²) in [5, 5.41) is 0. The molecule has 0 bridgehead atoms. The highest BCUT2D eigenvalue weighted by molar-refractivity contribution is 5.85. The molecule has 1 heterocycles. The summed E-state index contributed by atoms with van der Waals surface area (Å²) in [5.74, 6) is 0. The fourth-order valence-corrected chi connectivity index (χ4v) is 5.33. The standard InChI is InChI=1S/C39H33N/c1-30-10-7-8-29-40(39-16-6-5-15-38(30)39)37-27-25-36(26-28-37)35-23-19-32(20-24-35)12-9-11-31-17-21-34(22-18-31)33-13-3-2-4-14-33/h2-8,10,13-29H,1,9,11-12H2/b10-7-,29-8-. The first-order valence-electron chi connectivity index (χ1n) is 14.0. The molecule has 40 heavy (non-hydrogen) atoms. The average Bonchev–Trinajstić information content (AvgIpc) is 3.01. The largest absolute Gasteiger partial charge is 0.317 e. The van der Waals surface area contributed by atoms with E-state index in [1.165, 1.54) is 33.4 Å². The number of fused-ring (bicyclic) bond motifs is 1. The molecule has 0 aliphatic carbocycles. The maximum Gasteiger partial charge on any atom is 0.0533 e. The molecule has 0 unspecified atom stereocenters. The molecule has 5 aromatic carbocycles. The maximum absolute atomic E-state index is 4.25. The van der Waals surface area contributed by atoms with Gasteiger partial charge in [0.1, 0.15) is 0 Å². The molecule has 194 valence electrons. The van der Waals surface area contributed by atoms with Crippen LogP contribution in [0, 0.1) is 0 Å². The minimum absolute atomic E-state index is 1.02. The summed E-state index contributed by atoms with van der Waals surface area (Å²) in [4.78, 5) is 2.23. The Morgan fingerprint density at radius 3 is 1.65 bits per heavy atom. The summed E-state index contributed by atoms with van der Waals surface area (Å²) in [6.07, 6.45) is 11.6. The first-order valence-corrected chi connectivity index (χ1v) is 14.0. The molecule has 0 atom stereocenters. The number of rotatable bonds is 7. The van der Waals surface area contributed by atoms with Crippen molar-refractivity contribution in [1.29, 1.82) is 0 Å². The molecular weight excluding hydrogens is 482 g/mol. The number of allylic oxidation sites excluding steroid dienone is 4. The van der Waals surface area contributed by atoms with E-state index in [0.29, 0.717) is 0 Å². The van der Waals surface area contributed by atoms with Crippen LogP contribution < -0.4 is 4.90 Å². The minimum atomic E-state index is 1.02. The van der Waals surface area contributed by atoms with Crippen LogP contribution >= 0.6 is 0 Å². The molecular formula is C39H33N. The predicted molar refractivity (Wildman–Crippen MR) is 172 cm³/mol. The van der Waals surface area contributed by atoms with E-state index in [9.17, 15) is 0 Å². The lowest BCUT2D eigenvalue weighted by atomic mass is 9.98. The summed E-state index contributed by atoms with van der Waals surface area (Å²) >= 11 is 0. The molecule has 1 aliphatic heterocycles. The Kier molecular flexibility index (Phi) is 7.55. The lowest BCUT2D eigenvalue weighted by Gasteiger charge is -2.25. The topological polar surface area (TPSA) is 3.24 Å². The third-order valence-electron chi connectivity index (χ3n) is 7.58. The fraction of sp³-hybridized carbons (Fsp3) is 0.0769. The molecule has 1 heteroatoms. The molecule has 0 aromatic heterocycles. The van der Waals surface area contributed by atoms with Crippen LogP contribution in [0.5, 0.6) is 0 Å². The molecule has 0 spiro atoms. The number of hydrogen-bond acceptors (Lipinski definition) is 1. The number of aryl methyl sites for hydroxylation is 2. The van der Waals surface area contributed by atoms with Gasteiger partial charge in [-0.1, -0.05) is 128 Å². The summed E-state index contributed by atoms with van der Waals surface area (Å²) in [6.45, 7) is 4.25. The van der Waals surface area contributed by atoms with Gasteiger partial charge >= 0.3 is 0 Å². The van der Waals surface area contributed by atoms with E-state index in [1.54, 1.807) is 0 Å². The van der Waals surface area contributed by atoms with E-state index < -0.39 is 0 Å². The molecule has 0 saturated heterocycles.